The molecule has 0 aliphatic heterocycles. The third kappa shape index (κ3) is 5.23. The van der Waals surface area contributed by atoms with Crippen LogP contribution in [-0.2, 0) is 38.1 Å². The van der Waals surface area contributed by atoms with Gasteiger partial charge in [0.15, 0.2) is 0 Å². The molecule has 0 saturated carbocycles. The second-order valence-corrected chi connectivity index (χ2v) is 10.4. The minimum Gasteiger partial charge on any atom is -0.341 e. The number of aryl methyl sites for hydroxylation is 1. The molecule has 2 aromatic carbocycles. The average molecular weight is 503 g/mol. The maximum absolute atomic E-state index is 4.92. The molecule has 0 saturated heterocycles. The molecule has 5 aromatic rings. The van der Waals surface area contributed by atoms with Gasteiger partial charge in [-0.05, 0) is 73.2 Å². The van der Waals surface area contributed by atoms with Gasteiger partial charge < -0.3 is 10.3 Å². The molecule has 0 radical (unpaired) electrons. The van der Waals surface area contributed by atoms with Gasteiger partial charge >= 0.3 is 0 Å². The van der Waals surface area contributed by atoms with Crippen molar-refractivity contribution in [2.75, 3.05) is 0 Å². The van der Waals surface area contributed by atoms with Crippen LogP contribution in [0.3, 0.4) is 0 Å². The van der Waals surface area contributed by atoms with E-state index in [-0.39, 0.29) is 5.54 Å². The average Bonchev–Trinajstić information content (AvgIpc) is 3.37. The summed E-state index contributed by atoms with van der Waals surface area (Å²) in [5.41, 5.74) is 8.11. The Morgan fingerprint density at radius 1 is 0.842 bits per heavy atom. The molecule has 0 amide bonds. The molecule has 0 bridgehead atoms. The minimum absolute atomic E-state index is 0.170. The Morgan fingerprint density at radius 3 is 2.50 bits per heavy atom. The second kappa shape index (κ2) is 10.9. The number of benzene rings is 2. The third-order valence-corrected chi connectivity index (χ3v) is 7.75. The van der Waals surface area contributed by atoms with Gasteiger partial charge in [0.1, 0.15) is 5.82 Å². The fourth-order valence-electron chi connectivity index (χ4n) is 5.66. The highest BCUT2D eigenvalue weighted by atomic mass is 15.2. The lowest BCUT2D eigenvalue weighted by Crippen LogP contribution is -2.46. The molecule has 1 atom stereocenters. The summed E-state index contributed by atoms with van der Waals surface area (Å²) in [6, 6.07) is 27.6. The zero-order chi connectivity index (χ0) is 25.8. The fraction of sp³-hybridized carbons (Fsp3) is 0.281. The van der Waals surface area contributed by atoms with E-state index in [1.54, 1.807) is 0 Å². The number of aromatic nitrogens is 4. The van der Waals surface area contributed by atoms with E-state index in [2.05, 4.69) is 81.7 Å². The minimum atomic E-state index is -0.170. The molecule has 0 fully saturated rings. The van der Waals surface area contributed by atoms with E-state index >= 15 is 0 Å². The number of nitrogens with zero attached hydrogens (tertiary/aromatic N) is 4. The van der Waals surface area contributed by atoms with Gasteiger partial charge in [0.05, 0.1) is 34.5 Å². The topological polar surface area (TPSA) is 69.7 Å². The predicted molar refractivity (Wildman–Crippen MR) is 151 cm³/mol. The van der Waals surface area contributed by atoms with E-state index in [4.69, 9.17) is 9.97 Å². The number of hydrogen-bond acceptors (Lipinski definition) is 5. The third-order valence-electron chi connectivity index (χ3n) is 7.75. The van der Waals surface area contributed by atoms with Crippen molar-refractivity contribution in [1.82, 2.24) is 30.2 Å². The first kappa shape index (κ1) is 24.5. The Hall–Kier alpha value is -3.87. The molecule has 1 aliphatic rings. The van der Waals surface area contributed by atoms with Crippen LogP contribution in [0, 0.1) is 0 Å². The first-order valence-corrected chi connectivity index (χ1v) is 13.5. The van der Waals surface area contributed by atoms with Gasteiger partial charge in [0.25, 0.3) is 0 Å². The molecular formula is C32H34N6. The number of fused-ring (bicyclic) bond motifs is 2. The maximum atomic E-state index is 4.92. The van der Waals surface area contributed by atoms with Gasteiger partial charge in [-0.3, -0.25) is 14.9 Å². The van der Waals surface area contributed by atoms with E-state index < -0.39 is 0 Å². The summed E-state index contributed by atoms with van der Waals surface area (Å²) in [6.07, 6.45) is 7.11. The summed E-state index contributed by atoms with van der Waals surface area (Å²) in [7, 11) is 0. The molecule has 6 rings (SSSR count). The number of rotatable bonds is 9. The molecule has 192 valence electrons. The highest BCUT2D eigenvalue weighted by molar-refractivity contribution is 5.74. The number of H-pyrrole nitrogens is 1. The lowest BCUT2D eigenvalue weighted by atomic mass is 9.79. The number of pyridine rings is 2. The van der Waals surface area contributed by atoms with Gasteiger partial charge in [0.2, 0.25) is 0 Å². The zero-order valence-electron chi connectivity index (χ0n) is 21.9. The van der Waals surface area contributed by atoms with Crippen molar-refractivity contribution in [1.29, 1.82) is 0 Å². The lowest BCUT2D eigenvalue weighted by molar-refractivity contribution is 0.0602. The molecule has 1 unspecified atom stereocenters. The maximum Gasteiger partial charge on any atom is 0.121 e. The van der Waals surface area contributed by atoms with Crippen LogP contribution < -0.4 is 5.32 Å². The van der Waals surface area contributed by atoms with E-state index in [1.165, 1.54) is 22.4 Å². The summed E-state index contributed by atoms with van der Waals surface area (Å²) in [5, 5.41) is 3.50. The first-order valence-electron chi connectivity index (χ1n) is 13.5. The van der Waals surface area contributed by atoms with Gasteiger partial charge in [-0.2, -0.15) is 0 Å². The molecule has 3 aromatic heterocycles. The van der Waals surface area contributed by atoms with Gasteiger partial charge in [-0.1, -0.05) is 48.5 Å². The van der Waals surface area contributed by atoms with E-state index in [9.17, 15) is 0 Å². The SMILES string of the molecule is CC1(N(Cc2ccc(CNCc3ccccn3)cc2)Cc2nc3ccccc3[nH]2)CCCc2cccnc21. The second-order valence-electron chi connectivity index (χ2n) is 10.4. The van der Waals surface area contributed by atoms with Crippen LogP contribution in [0.4, 0.5) is 0 Å². The smallest absolute Gasteiger partial charge is 0.121 e. The first-order chi connectivity index (χ1) is 18.7. The number of para-hydroxylation sites is 2. The van der Waals surface area contributed by atoms with Crippen LogP contribution in [0.25, 0.3) is 11.0 Å². The van der Waals surface area contributed by atoms with Crippen LogP contribution in [0.2, 0.25) is 0 Å². The molecule has 6 heteroatoms. The molecule has 38 heavy (non-hydrogen) atoms. The zero-order valence-corrected chi connectivity index (χ0v) is 21.9. The van der Waals surface area contributed by atoms with Crippen LogP contribution in [0.15, 0.2) is 91.3 Å². The standard InChI is InChI=1S/C32H34N6/c1-32(17-6-8-26-9-7-19-35-31(26)32)38(23-30-36-28-11-2-3-12-29(28)37-30)22-25-15-13-24(14-16-25)20-33-21-27-10-4-5-18-34-27/h2-5,7,9-16,18-19,33H,6,8,17,20-23H2,1H3,(H,36,37). The number of imidazole rings is 1. The molecule has 2 N–H and O–H groups in total. The Kier molecular flexibility index (Phi) is 6.99. The molecular weight excluding hydrogens is 468 g/mol. The highest BCUT2D eigenvalue weighted by Crippen LogP contribution is 2.40. The molecule has 1 aliphatic carbocycles. The van der Waals surface area contributed by atoms with E-state index in [1.807, 2.05) is 36.7 Å². The Balaban J connectivity index is 1.23. The Labute approximate surface area is 224 Å². The molecule has 6 nitrogen and oxygen atoms in total. The molecule has 0 spiro atoms. The largest absolute Gasteiger partial charge is 0.341 e. The fourth-order valence-corrected chi connectivity index (χ4v) is 5.66. The van der Waals surface area contributed by atoms with Gasteiger partial charge in [-0.25, -0.2) is 4.98 Å². The summed E-state index contributed by atoms with van der Waals surface area (Å²) in [4.78, 5) is 20.3. The Morgan fingerprint density at radius 2 is 1.66 bits per heavy atom. The van der Waals surface area contributed by atoms with Crippen LogP contribution in [-0.4, -0.2) is 24.8 Å². The van der Waals surface area contributed by atoms with Gasteiger partial charge in [0, 0.05) is 32.0 Å². The number of nitrogens with one attached hydrogen (secondary N) is 2. The normalized spacial score (nSPS) is 17.1. The van der Waals surface area contributed by atoms with Crippen LogP contribution in [0.5, 0.6) is 0 Å². The summed E-state index contributed by atoms with van der Waals surface area (Å²) in [6.45, 7) is 5.49. The molecule has 3 heterocycles. The monoisotopic (exact) mass is 502 g/mol. The summed E-state index contributed by atoms with van der Waals surface area (Å²) < 4.78 is 0. The van der Waals surface area contributed by atoms with Crippen molar-refractivity contribution < 1.29 is 0 Å². The number of hydrogen-bond donors (Lipinski definition) is 2. The lowest BCUT2D eigenvalue weighted by Gasteiger charge is -2.44. The van der Waals surface area contributed by atoms with Crippen LogP contribution >= 0.6 is 0 Å². The Bertz CT molecular complexity index is 1460. The summed E-state index contributed by atoms with van der Waals surface area (Å²) in [5.74, 6) is 0.992. The van der Waals surface area contributed by atoms with Crippen molar-refractivity contribution >= 4 is 11.0 Å². The van der Waals surface area contributed by atoms with Crippen molar-refractivity contribution in [3.8, 4) is 0 Å². The van der Waals surface area contributed by atoms with Crippen molar-refractivity contribution in [2.45, 2.75) is 57.9 Å². The van der Waals surface area contributed by atoms with E-state index in [0.717, 1.165) is 68.0 Å². The van der Waals surface area contributed by atoms with Crippen LogP contribution in [0.1, 0.15) is 53.7 Å². The predicted octanol–water partition coefficient (Wildman–Crippen LogP) is 5.90. The quantitative estimate of drug-likeness (QED) is 0.263. The van der Waals surface area contributed by atoms with E-state index in [0.29, 0.717) is 0 Å². The summed E-state index contributed by atoms with van der Waals surface area (Å²) >= 11 is 0. The number of aromatic amines is 1. The highest BCUT2D eigenvalue weighted by Gasteiger charge is 2.39. The van der Waals surface area contributed by atoms with Crippen molar-refractivity contribution in [2.24, 2.45) is 0 Å². The van der Waals surface area contributed by atoms with Crippen molar-refractivity contribution in [3.63, 3.8) is 0 Å². The van der Waals surface area contributed by atoms with Gasteiger partial charge in [-0.15, -0.1) is 0 Å². The van der Waals surface area contributed by atoms with Crippen molar-refractivity contribution in [3.05, 3.63) is 125 Å².